The highest BCUT2D eigenvalue weighted by Gasteiger charge is 2.25. The molecule has 2 aliphatic heterocycles. The lowest BCUT2D eigenvalue weighted by atomic mass is 9.93. The minimum absolute atomic E-state index is 0.258. The Morgan fingerprint density at radius 1 is 1.03 bits per heavy atom. The van der Waals surface area contributed by atoms with Crippen molar-refractivity contribution in [3.05, 3.63) is 60.7 Å². The molecule has 5 rings (SSSR count). The zero-order valence-corrected chi connectivity index (χ0v) is 24.2. The molecule has 3 aliphatic rings. The van der Waals surface area contributed by atoms with Gasteiger partial charge < -0.3 is 20.9 Å². The lowest BCUT2D eigenvalue weighted by Crippen LogP contribution is -2.47. The third kappa shape index (κ3) is 7.21. The number of pyridine rings is 1. The van der Waals surface area contributed by atoms with Gasteiger partial charge in [0.1, 0.15) is 0 Å². The number of urea groups is 1. The Kier molecular flexibility index (Phi) is 9.66. The second-order valence-electron chi connectivity index (χ2n) is 9.56. The number of piperazine rings is 1. The van der Waals surface area contributed by atoms with E-state index in [-0.39, 0.29) is 11.9 Å². The fourth-order valence-corrected chi connectivity index (χ4v) is 6.44. The summed E-state index contributed by atoms with van der Waals surface area (Å²) in [5.41, 5.74) is 10.4. The van der Waals surface area contributed by atoms with Crippen molar-refractivity contribution in [3.63, 3.8) is 0 Å². The average Bonchev–Trinajstić information content (AvgIpc) is 3.05. The number of fused-ring (bicyclic) bond motifs is 2. The summed E-state index contributed by atoms with van der Waals surface area (Å²) < 4.78 is 2.13. The van der Waals surface area contributed by atoms with Crippen LogP contribution in [0, 0.1) is 5.92 Å². The highest BCUT2D eigenvalue weighted by Crippen LogP contribution is 2.32. The van der Waals surface area contributed by atoms with Crippen LogP contribution in [0.4, 0.5) is 4.79 Å². The smallest absolute Gasteiger partial charge is 0.314 e. The molecule has 1 aliphatic carbocycles. The van der Waals surface area contributed by atoms with Crippen LogP contribution in [0.2, 0.25) is 5.02 Å². The molecular weight excluding hydrogens is 610 g/mol. The van der Waals surface area contributed by atoms with Gasteiger partial charge in [-0.25, -0.2) is 4.79 Å². The van der Waals surface area contributed by atoms with Crippen LogP contribution in [0.1, 0.15) is 41.6 Å². The van der Waals surface area contributed by atoms with E-state index in [4.69, 9.17) is 17.3 Å². The fourth-order valence-electron chi connectivity index (χ4n) is 5.05. The number of carbonyl (C=O) groups excluding carboxylic acids is 2. The first-order valence-corrected chi connectivity index (χ1v) is 14.4. The Labute approximate surface area is 234 Å². The minimum Gasteiger partial charge on any atom is -0.351 e. The van der Waals surface area contributed by atoms with Crippen molar-refractivity contribution in [3.8, 4) is 0 Å². The number of likely N-dealkylation sites (tertiary alicyclic amines) is 1. The molecule has 2 fully saturated rings. The summed E-state index contributed by atoms with van der Waals surface area (Å²) in [5.74, 6) is 0.664. The first-order valence-electron chi connectivity index (χ1n) is 12.4. The topological polar surface area (TPSA) is 91.6 Å². The minimum atomic E-state index is -0.345. The van der Waals surface area contributed by atoms with Crippen LogP contribution in [-0.2, 0) is 24.1 Å². The Hall–Kier alpha value is -1.68. The largest absolute Gasteiger partial charge is 0.351 e. The number of hydrogen-bond acceptors (Lipinski definition) is 4. The second-order valence-corrected chi connectivity index (χ2v) is 11.8. The van der Waals surface area contributed by atoms with Crippen LogP contribution in [0.15, 0.2) is 33.3 Å². The van der Waals surface area contributed by atoms with Crippen LogP contribution < -0.4 is 11.1 Å². The van der Waals surface area contributed by atoms with Crippen molar-refractivity contribution < 1.29 is 9.59 Å². The molecule has 36 heavy (non-hydrogen) atoms. The number of benzene rings is 1. The molecule has 0 bridgehead atoms. The quantitative estimate of drug-likeness (QED) is 0.504. The van der Waals surface area contributed by atoms with Crippen molar-refractivity contribution in [1.82, 2.24) is 20.1 Å². The third-order valence-electron chi connectivity index (χ3n) is 7.15. The summed E-state index contributed by atoms with van der Waals surface area (Å²) in [6, 6.07) is 5.86. The molecule has 0 atom stereocenters. The number of hydrogen-bond donors (Lipinski definition) is 2. The van der Waals surface area contributed by atoms with E-state index in [0.29, 0.717) is 25.4 Å². The monoisotopic (exact) mass is 639 g/mol. The number of piperidine rings is 1. The molecule has 2 saturated heterocycles. The van der Waals surface area contributed by atoms with Gasteiger partial charge in [-0.15, -0.1) is 0 Å². The Balaban J connectivity index is 0.000000169. The first-order chi connectivity index (χ1) is 17.3. The summed E-state index contributed by atoms with van der Waals surface area (Å²) >= 11 is 13.2. The molecule has 0 spiro atoms. The third-order valence-corrected chi connectivity index (χ3v) is 8.51. The molecule has 3 heterocycles. The van der Waals surface area contributed by atoms with Gasteiger partial charge in [0.25, 0.3) is 0 Å². The summed E-state index contributed by atoms with van der Waals surface area (Å²) in [7, 11) is 0. The summed E-state index contributed by atoms with van der Waals surface area (Å²) in [5, 5.41) is 4.03. The highest BCUT2D eigenvalue weighted by molar-refractivity contribution is 9.10. The molecule has 194 valence electrons. The zero-order chi connectivity index (χ0) is 25.7. The van der Waals surface area contributed by atoms with Gasteiger partial charge in [0.2, 0.25) is 5.91 Å². The molecule has 3 N–H and O–H groups in total. The van der Waals surface area contributed by atoms with Crippen molar-refractivity contribution in [1.29, 1.82) is 0 Å². The number of nitrogens with zero attached hydrogens (tertiary/aromatic N) is 3. The number of nitrogens with two attached hydrogens (primary N) is 1. The van der Waals surface area contributed by atoms with E-state index < -0.39 is 0 Å². The molecule has 0 radical (unpaired) electrons. The number of aromatic nitrogens is 1. The maximum atomic E-state index is 12.1. The Morgan fingerprint density at radius 2 is 1.72 bits per heavy atom. The van der Waals surface area contributed by atoms with Gasteiger partial charge in [-0.3, -0.25) is 9.78 Å². The first kappa shape index (κ1) is 27.4. The van der Waals surface area contributed by atoms with E-state index >= 15 is 0 Å². The lowest BCUT2D eigenvalue weighted by Gasteiger charge is -2.33. The zero-order valence-electron chi connectivity index (χ0n) is 20.2. The van der Waals surface area contributed by atoms with E-state index in [0.717, 1.165) is 72.3 Å². The molecule has 1 aromatic carbocycles. The van der Waals surface area contributed by atoms with Gasteiger partial charge in [-0.2, -0.15) is 0 Å². The maximum absolute atomic E-state index is 12.1. The molecule has 3 amide bonds. The standard InChI is InChI=1S/C14H10Br2ClN.C12H22N4O2/c15-10-3-9-2-1-8-4-11(17)5-13(16)12(8)6-14(9)18-7-10;13-12(18)16-5-1-10(2-6-16)9-11(17)15-7-3-14-4-8-15/h3-5,7H,1-2,6H2;10,14H,1-9H2,(H2,13,18). The van der Waals surface area contributed by atoms with Gasteiger partial charge >= 0.3 is 6.03 Å². The fraction of sp³-hybridized carbons (Fsp3) is 0.500. The molecule has 10 heteroatoms. The predicted molar refractivity (Wildman–Crippen MR) is 149 cm³/mol. The number of amides is 3. The SMILES string of the molecule is Clc1cc(Br)c2c(c1)CCc1cc(Br)cnc1C2.NC(=O)N1CCC(CC(=O)N2CCNCC2)CC1. The Bertz CT molecular complexity index is 1100. The van der Waals surface area contributed by atoms with E-state index in [1.165, 1.54) is 22.4 Å². The number of aryl methyl sites for hydroxylation is 2. The van der Waals surface area contributed by atoms with Crippen LogP contribution in [0.3, 0.4) is 0 Å². The highest BCUT2D eigenvalue weighted by atomic mass is 79.9. The normalized spacial score (nSPS) is 17.9. The van der Waals surface area contributed by atoms with Crippen molar-refractivity contribution in [2.75, 3.05) is 39.3 Å². The van der Waals surface area contributed by atoms with E-state index in [9.17, 15) is 9.59 Å². The second kappa shape index (κ2) is 12.7. The number of nitrogens with one attached hydrogen (secondary N) is 1. The van der Waals surface area contributed by atoms with Crippen LogP contribution in [0.5, 0.6) is 0 Å². The lowest BCUT2D eigenvalue weighted by molar-refractivity contribution is -0.133. The van der Waals surface area contributed by atoms with Gasteiger partial charge in [0.15, 0.2) is 0 Å². The number of rotatable bonds is 2. The van der Waals surface area contributed by atoms with Crippen molar-refractivity contribution >= 4 is 55.4 Å². The van der Waals surface area contributed by atoms with Crippen molar-refractivity contribution in [2.24, 2.45) is 11.7 Å². The van der Waals surface area contributed by atoms with Gasteiger partial charge in [-0.05, 0) is 82.4 Å². The molecule has 0 unspecified atom stereocenters. The van der Waals surface area contributed by atoms with Gasteiger partial charge in [0.05, 0.1) is 0 Å². The molecule has 0 saturated carbocycles. The van der Waals surface area contributed by atoms with E-state index in [1.807, 2.05) is 17.2 Å². The molecular formula is C26H32Br2ClN5O2. The number of halogens is 3. The van der Waals surface area contributed by atoms with Gasteiger partial charge in [-0.1, -0.05) is 27.5 Å². The predicted octanol–water partition coefficient (Wildman–Crippen LogP) is 4.55. The summed E-state index contributed by atoms with van der Waals surface area (Å²) in [6.07, 6.45) is 7.17. The van der Waals surface area contributed by atoms with Crippen molar-refractivity contribution in [2.45, 2.75) is 38.5 Å². The summed E-state index contributed by atoms with van der Waals surface area (Å²) in [6.45, 7) is 4.80. The molecule has 2 aromatic rings. The van der Waals surface area contributed by atoms with Crippen LogP contribution >= 0.6 is 43.5 Å². The van der Waals surface area contributed by atoms with E-state index in [2.05, 4.69) is 54.3 Å². The van der Waals surface area contributed by atoms with Crippen LogP contribution in [0.25, 0.3) is 0 Å². The van der Waals surface area contributed by atoms with E-state index in [1.54, 1.807) is 4.90 Å². The molecule has 1 aromatic heterocycles. The van der Waals surface area contributed by atoms with Gasteiger partial charge in [0, 0.05) is 78.0 Å². The summed E-state index contributed by atoms with van der Waals surface area (Å²) in [4.78, 5) is 31.2. The average molecular weight is 642 g/mol. The Morgan fingerprint density at radius 3 is 2.42 bits per heavy atom. The number of carbonyl (C=O) groups is 2. The number of primary amides is 1. The van der Waals surface area contributed by atoms with Crippen LogP contribution in [-0.4, -0.2) is 66.0 Å². The molecule has 7 nitrogen and oxygen atoms in total. The maximum Gasteiger partial charge on any atom is 0.314 e.